The molecule has 1 rings (SSSR count). The Kier molecular flexibility index (Phi) is 3.33. The highest BCUT2D eigenvalue weighted by Gasteiger charge is 2.15. The summed E-state index contributed by atoms with van der Waals surface area (Å²) in [5, 5.41) is 9.70. The van der Waals surface area contributed by atoms with Gasteiger partial charge in [0, 0.05) is 23.4 Å². The number of nitrogen functional groups attached to an aromatic ring is 1. The number of ether oxygens (including phenoxy) is 1. The molecular weight excluding hydrogens is 180 g/mol. The van der Waals surface area contributed by atoms with Gasteiger partial charge in [0.15, 0.2) is 0 Å². The number of hydrogen-bond donors (Lipinski definition) is 3. The Morgan fingerprint density at radius 3 is 2.50 bits per heavy atom. The largest absolute Gasteiger partial charge is 0.497 e. The number of aliphatic hydroxyl groups is 1. The van der Waals surface area contributed by atoms with Gasteiger partial charge in [-0.3, -0.25) is 0 Å². The van der Waals surface area contributed by atoms with Gasteiger partial charge in [0.25, 0.3) is 0 Å². The molecule has 0 aliphatic carbocycles. The summed E-state index contributed by atoms with van der Waals surface area (Å²) in [6.45, 7) is 1.73. The highest BCUT2D eigenvalue weighted by atomic mass is 16.5. The Morgan fingerprint density at radius 2 is 2.07 bits per heavy atom. The molecular formula is C10H16N2O2. The quantitative estimate of drug-likeness (QED) is 0.620. The van der Waals surface area contributed by atoms with Crippen molar-refractivity contribution in [2.45, 2.75) is 19.1 Å². The minimum atomic E-state index is -0.735. The molecule has 0 radical (unpaired) electrons. The highest BCUT2D eigenvalue weighted by Crippen LogP contribution is 2.26. The fourth-order valence-corrected chi connectivity index (χ4v) is 1.23. The average molecular weight is 196 g/mol. The molecule has 0 aliphatic rings. The summed E-state index contributed by atoms with van der Waals surface area (Å²) >= 11 is 0. The molecule has 0 heterocycles. The summed E-state index contributed by atoms with van der Waals surface area (Å²) in [7, 11) is 1.57. The second-order valence-corrected chi connectivity index (χ2v) is 3.30. The molecule has 4 nitrogen and oxygen atoms in total. The van der Waals surface area contributed by atoms with Crippen molar-refractivity contribution in [2.75, 3.05) is 12.8 Å². The third-order valence-electron chi connectivity index (χ3n) is 2.11. The van der Waals surface area contributed by atoms with Gasteiger partial charge in [-0.25, -0.2) is 0 Å². The first kappa shape index (κ1) is 10.8. The van der Waals surface area contributed by atoms with Gasteiger partial charge in [-0.1, -0.05) is 6.07 Å². The van der Waals surface area contributed by atoms with E-state index in [9.17, 15) is 5.11 Å². The lowest BCUT2D eigenvalue weighted by molar-refractivity contribution is 0.154. The van der Waals surface area contributed by atoms with E-state index in [-0.39, 0.29) is 6.04 Å². The molecule has 78 valence electrons. The molecule has 14 heavy (non-hydrogen) atoms. The van der Waals surface area contributed by atoms with Crippen molar-refractivity contribution in [2.24, 2.45) is 5.73 Å². The van der Waals surface area contributed by atoms with Crippen LogP contribution in [0.3, 0.4) is 0 Å². The Bertz CT molecular complexity index is 313. The molecule has 5 N–H and O–H groups in total. The Hall–Kier alpha value is -1.26. The fourth-order valence-electron chi connectivity index (χ4n) is 1.23. The van der Waals surface area contributed by atoms with Crippen molar-refractivity contribution in [3.05, 3.63) is 23.8 Å². The van der Waals surface area contributed by atoms with Crippen LogP contribution in [0.25, 0.3) is 0 Å². The van der Waals surface area contributed by atoms with Crippen molar-refractivity contribution < 1.29 is 9.84 Å². The minimum absolute atomic E-state index is 0.342. The van der Waals surface area contributed by atoms with Crippen molar-refractivity contribution in [1.29, 1.82) is 0 Å². The van der Waals surface area contributed by atoms with Crippen LogP contribution in [0.2, 0.25) is 0 Å². The second kappa shape index (κ2) is 4.30. The van der Waals surface area contributed by atoms with Gasteiger partial charge >= 0.3 is 0 Å². The van der Waals surface area contributed by atoms with Crippen LogP contribution >= 0.6 is 0 Å². The molecule has 2 atom stereocenters. The number of anilines is 1. The molecule has 1 aromatic rings. The van der Waals surface area contributed by atoms with E-state index >= 15 is 0 Å². The second-order valence-electron chi connectivity index (χ2n) is 3.30. The van der Waals surface area contributed by atoms with Gasteiger partial charge in [0.05, 0.1) is 13.2 Å². The summed E-state index contributed by atoms with van der Waals surface area (Å²) in [5.41, 5.74) is 12.4. The number of rotatable bonds is 3. The SMILES string of the molecule is COc1ccc(C(O)C(C)N)c(N)c1. The molecule has 0 aromatic heterocycles. The van der Waals surface area contributed by atoms with Crippen molar-refractivity contribution in [3.8, 4) is 5.75 Å². The molecule has 0 bridgehead atoms. The lowest BCUT2D eigenvalue weighted by Gasteiger charge is -2.17. The summed E-state index contributed by atoms with van der Waals surface area (Å²) < 4.78 is 5.00. The zero-order chi connectivity index (χ0) is 10.7. The van der Waals surface area contributed by atoms with Crippen LogP contribution in [0.4, 0.5) is 5.69 Å². The topological polar surface area (TPSA) is 81.5 Å². The average Bonchev–Trinajstić information content (AvgIpc) is 2.16. The van der Waals surface area contributed by atoms with Crippen molar-refractivity contribution in [3.63, 3.8) is 0 Å². The summed E-state index contributed by atoms with van der Waals surface area (Å²) in [4.78, 5) is 0. The normalized spacial score (nSPS) is 14.9. The molecule has 4 heteroatoms. The molecule has 1 aromatic carbocycles. The molecule has 0 saturated heterocycles. The highest BCUT2D eigenvalue weighted by molar-refractivity contribution is 5.52. The van der Waals surface area contributed by atoms with Crippen LogP contribution < -0.4 is 16.2 Å². The summed E-state index contributed by atoms with van der Waals surface area (Å²) in [5.74, 6) is 0.670. The fraction of sp³-hybridized carbons (Fsp3) is 0.400. The number of nitrogens with two attached hydrogens (primary N) is 2. The maximum atomic E-state index is 9.70. The van der Waals surface area contributed by atoms with Crippen LogP contribution in [0.5, 0.6) is 5.75 Å². The third-order valence-corrected chi connectivity index (χ3v) is 2.11. The molecule has 0 aliphatic heterocycles. The zero-order valence-electron chi connectivity index (χ0n) is 8.40. The maximum Gasteiger partial charge on any atom is 0.120 e. The number of hydrogen-bond acceptors (Lipinski definition) is 4. The van der Waals surface area contributed by atoms with Gasteiger partial charge in [-0.05, 0) is 13.0 Å². The Balaban J connectivity index is 2.99. The number of benzene rings is 1. The van der Waals surface area contributed by atoms with E-state index in [0.717, 1.165) is 0 Å². The summed E-state index contributed by atoms with van der Waals surface area (Å²) in [6.07, 6.45) is -0.735. The van der Waals surface area contributed by atoms with E-state index < -0.39 is 6.10 Å². The predicted octanol–water partition coefficient (Wildman–Crippen LogP) is 0.658. The molecule has 0 amide bonds. The van der Waals surface area contributed by atoms with E-state index in [1.807, 2.05) is 0 Å². The maximum absolute atomic E-state index is 9.70. The first-order valence-corrected chi connectivity index (χ1v) is 4.43. The lowest BCUT2D eigenvalue weighted by Crippen LogP contribution is -2.25. The van der Waals surface area contributed by atoms with Crippen molar-refractivity contribution >= 4 is 5.69 Å². The Morgan fingerprint density at radius 1 is 1.43 bits per heavy atom. The van der Waals surface area contributed by atoms with Gasteiger partial charge in [-0.2, -0.15) is 0 Å². The van der Waals surface area contributed by atoms with Crippen LogP contribution in [0.1, 0.15) is 18.6 Å². The monoisotopic (exact) mass is 196 g/mol. The van der Waals surface area contributed by atoms with E-state index in [1.54, 1.807) is 32.2 Å². The number of aliphatic hydroxyl groups excluding tert-OH is 1. The van der Waals surface area contributed by atoms with E-state index in [4.69, 9.17) is 16.2 Å². The van der Waals surface area contributed by atoms with E-state index in [0.29, 0.717) is 17.0 Å². The van der Waals surface area contributed by atoms with Crippen LogP contribution in [-0.4, -0.2) is 18.3 Å². The van der Waals surface area contributed by atoms with E-state index in [2.05, 4.69) is 0 Å². The van der Waals surface area contributed by atoms with Crippen molar-refractivity contribution in [1.82, 2.24) is 0 Å². The van der Waals surface area contributed by atoms with Gasteiger partial charge < -0.3 is 21.3 Å². The first-order valence-electron chi connectivity index (χ1n) is 4.43. The summed E-state index contributed by atoms with van der Waals surface area (Å²) in [6, 6.07) is 4.80. The van der Waals surface area contributed by atoms with Gasteiger partial charge in [0.2, 0.25) is 0 Å². The lowest BCUT2D eigenvalue weighted by atomic mass is 10.0. The van der Waals surface area contributed by atoms with Gasteiger partial charge in [-0.15, -0.1) is 0 Å². The smallest absolute Gasteiger partial charge is 0.120 e. The van der Waals surface area contributed by atoms with Crippen LogP contribution in [0.15, 0.2) is 18.2 Å². The predicted molar refractivity (Wildman–Crippen MR) is 56.0 cm³/mol. The molecule has 0 saturated carbocycles. The van der Waals surface area contributed by atoms with Gasteiger partial charge in [0.1, 0.15) is 5.75 Å². The molecule has 2 unspecified atom stereocenters. The minimum Gasteiger partial charge on any atom is -0.497 e. The van der Waals surface area contributed by atoms with Crippen LogP contribution in [0, 0.1) is 0 Å². The van der Waals surface area contributed by atoms with Crippen LogP contribution in [-0.2, 0) is 0 Å². The standard InChI is InChI=1S/C10H16N2O2/c1-6(11)10(13)8-4-3-7(14-2)5-9(8)12/h3-6,10,13H,11-12H2,1-2H3. The third kappa shape index (κ3) is 2.16. The van der Waals surface area contributed by atoms with E-state index in [1.165, 1.54) is 0 Å². The Labute approximate surface area is 83.5 Å². The zero-order valence-corrected chi connectivity index (χ0v) is 8.40. The number of methoxy groups -OCH3 is 1. The molecule has 0 spiro atoms. The first-order chi connectivity index (χ1) is 6.56. The molecule has 0 fully saturated rings.